The van der Waals surface area contributed by atoms with Gasteiger partial charge in [0.25, 0.3) is 0 Å². The van der Waals surface area contributed by atoms with Crippen molar-refractivity contribution in [2.24, 2.45) is 7.05 Å². The number of hydrogen-bond donors (Lipinski definition) is 1. The molecule has 0 aliphatic carbocycles. The highest BCUT2D eigenvalue weighted by molar-refractivity contribution is 5.85. The highest BCUT2D eigenvalue weighted by Crippen LogP contribution is 2.35. The Kier molecular flexibility index (Phi) is 3.79. The molecule has 26 heavy (non-hydrogen) atoms. The van der Waals surface area contributed by atoms with Crippen molar-refractivity contribution in [3.63, 3.8) is 0 Å². The molecule has 2 aliphatic heterocycles. The van der Waals surface area contributed by atoms with Gasteiger partial charge in [0.1, 0.15) is 0 Å². The summed E-state index contributed by atoms with van der Waals surface area (Å²) in [6.45, 7) is 0. The molecule has 2 unspecified atom stereocenters. The van der Waals surface area contributed by atoms with Crippen molar-refractivity contribution in [2.75, 3.05) is 12.4 Å². The van der Waals surface area contributed by atoms with Gasteiger partial charge in [0, 0.05) is 48.0 Å². The first kappa shape index (κ1) is 16.0. The van der Waals surface area contributed by atoms with E-state index in [2.05, 4.69) is 83.6 Å². The third-order valence-corrected chi connectivity index (χ3v) is 6.57. The van der Waals surface area contributed by atoms with Gasteiger partial charge in [-0.25, -0.2) is 0 Å². The molecule has 0 saturated carbocycles. The lowest BCUT2D eigenvalue weighted by atomic mass is 9.97. The number of benzene rings is 2. The molecule has 1 aromatic heterocycles. The van der Waals surface area contributed by atoms with Gasteiger partial charge in [0.2, 0.25) is 0 Å². The van der Waals surface area contributed by atoms with Gasteiger partial charge in [-0.05, 0) is 74.2 Å². The van der Waals surface area contributed by atoms with Gasteiger partial charge in [0.05, 0.1) is 0 Å². The number of piperidine rings is 1. The van der Waals surface area contributed by atoms with Gasteiger partial charge >= 0.3 is 0 Å². The molecule has 2 aliphatic rings. The maximum Gasteiger partial charge on any atom is 0.0478 e. The van der Waals surface area contributed by atoms with Crippen LogP contribution in [0.25, 0.3) is 22.0 Å². The van der Waals surface area contributed by atoms with Gasteiger partial charge in [-0.15, -0.1) is 0 Å². The second kappa shape index (κ2) is 6.17. The van der Waals surface area contributed by atoms with Crippen LogP contribution in [0.1, 0.15) is 25.7 Å². The van der Waals surface area contributed by atoms with Crippen molar-refractivity contribution < 1.29 is 0 Å². The number of hydrogen-bond acceptors (Lipinski definition) is 2. The van der Waals surface area contributed by atoms with Crippen molar-refractivity contribution in [3.8, 4) is 11.1 Å². The zero-order valence-electron chi connectivity index (χ0n) is 15.7. The van der Waals surface area contributed by atoms with E-state index in [-0.39, 0.29) is 0 Å². The zero-order valence-corrected chi connectivity index (χ0v) is 15.7. The Balaban J connectivity index is 1.32. The Morgan fingerprint density at radius 2 is 1.54 bits per heavy atom. The third kappa shape index (κ3) is 2.71. The Labute approximate surface area is 155 Å². The lowest BCUT2D eigenvalue weighted by Gasteiger charge is -2.37. The molecule has 2 aromatic carbocycles. The summed E-state index contributed by atoms with van der Waals surface area (Å²) in [7, 11) is 4.40. The maximum absolute atomic E-state index is 3.78. The van der Waals surface area contributed by atoms with E-state index in [1.54, 1.807) is 0 Å². The Hall–Kier alpha value is -2.26. The molecule has 3 aromatic rings. The Morgan fingerprint density at radius 1 is 0.846 bits per heavy atom. The molecule has 3 nitrogen and oxygen atoms in total. The normalized spacial score (nSPS) is 25.7. The lowest BCUT2D eigenvalue weighted by molar-refractivity contribution is 0.169. The summed E-state index contributed by atoms with van der Waals surface area (Å²) in [6.07, 6.45) is 7.43. The minimum atomic E-state index is 0.621. The van der Waals surface area contributed by atoms with Crippen molar-refractivity contribution >= 4 is 16.6 Å². The summed E-state index contributed by atoms with van der Waals surface area (Å²) in [4.78, 5) is 2.60. The minimum Gasteiger partial charge on any atom is -0.382 e. The number of anilines is 1. The Bertz CT molecular complexity index is 910. The van der Waals surface area contributed by atoms with Gasteiger partial charge in [-0.3, -0.25) is 0 Å². The average molecular weight is 345 g/mol. The van der Waals surface area contributed by atoms with Crippen molar-refractivity contribution in [2.45, 2.75) is 43.8 Å². The number of rotatable bonds is 3. The van der Waals surface area contributed by atoms with Crippen molar-refractivity contribution in [1.29, 1.82) is 0 Å². The topological polar surface area (TPSA) is 20.2 Å². The summed E-state index contributed by atoms with van der Waals surface area (Å²) < 4.78 is 2.17. The maximum atomic E-state index is 3.78. The SMILES string of the molecule is CN1C2CCC1CC(Nc1ccc(-c3ccc4c(ccn4C)c3)cc1)C2. The molecule has 2 fully saturated rings. The fourth-order valence-electron chi connectivity index (χ4n) is 4.99. The average Bonchev–Trinajstić information content (AvgIpc) is 3.10. The number of nitrogens with zero attached hydrogens (tertiary/aromatic N) is 2. The van der Waals surface area contributed by atoms with Crippen LogP contribution >= 0.6 is 0 Å². The molecule has 0 amide bonds. The predicted octanol–water partition coefficient (Wildman–Crippen LogP) is 4.88. The summed E-state index contributed by atoms with van der Waals surface area (Å²) in [6, 6.07) is 20.1. The minimum absolute atomic E-state index is 0.621. The number of aryl methyl sites for hydroxylation is 1. The first-order valence-electron chi connectivity index (χ1n) is 9.81. The van der Waals surface area contributed by atoms with Gasteiger partial charge in [-0.2, -0.15) is 0 Å². The monoisotopic (exact) mass is 345 g/mol. The highest BCUT2D eigenvalue weighted by Gasteiger charge is 2.38. The lowest BCUT2D eigenvalue weighted by Crippen LogP contribution is -2.44. The molecular formula is C23H27N3. The van der Waals surface area contributed by atoms with E-state index in [4.69, 9.17) is 0 Å². The molecule has 0 spiro atoms. The predicted molar refractivity (Wildman–Crippen MR) is 110 cm³/mol. The fourth-order valence-corrected chi connectivity index (χ4v) is 4.99. The van der Waals surface area contributed by atoms with Crippen molar-refractivity contribution in [3.05, 3.63) is 54.7 Å². The van der Waals surface area contributed by atoms with E-state index in [1.165, 1.54) is 53.4 Å². The number of aromatic nitrogens is 1. The molecule has 5 rings (SSSR count). The zero-order chi connectivity index (χ0) is 17.7. The van der Waals surface area contributed by atoms with Crippen molar-refractivity contribution in [1.82, 2.24) is 9.47 Å². The van der Waals surface area contributed by atoms with E-state index >= 15 is 0 Å². The smallest absolute Gasteiger partial charge is 0.0478 e. The molecule has 1 N–H and O–H groups in total. The van der Waals surface area contributed by atoms with Crippen LogP contribution in [0.3, 0.4) is 0 Å². The van der Waals surface area contributed by atoms with Crippen LogP contribution in [0.5, 0.6) is 0 Å². The molecule has 2 saturated heterocycles. The van der Waals surface area contributed by atoms with Gasteiger partial charge in [0.15, 0.2) is 0 Å². The quantitative estimate of drug-likeness (QED) is 0.730. The van der Waals surface area contributed by atoms with Gasteiger partial charge in [-0.1, -0.05) is 18.2 Å². The molecule has 2 bridgehead atoms. The van der Waals surface area contributed by atoms with Crippen LogP contribution < -0.4 is 5.32 Å². The summed E-state index contributed by atoms with van der Waals surface area (Å²) >= 11 is 0. The van der Waals surface area contributed by atoms with E-state index in [0.29, 0.717) is 6.04 Å². The van der Waals surface area contributed by atoms with Crippen LogP contribution in [0.15, 0.2) is 54.7 Å². The van der Waals surface area contributed by atoms with Crippen LogP contribution in [0.4, 0.5) is 5.69 Å². The van der Waals surface area contributed by atoms with Crippen LogP contribution in [0, 0.1) is 0 Å². The van der Waals surface area contributed by atoms with Crippen LogP contribution in [-0.2, 0) is 7.05 Å². The third-order valence-electron chi connectivity index (χ3n) is 6.57. The standard InChI is InChI=1S/C23H27N3/c1-25-12-11-18-13-17(5-10-23(18)25)16-3-6-19(7-4-16)24-20-14-21-8-9-22(15-20)26(21)2/h3-7,10-13,20-22,24H,8-9,14-15H2,1-2H3. The van der Waals surface area contributed by atoms with E-state index in [1.807, 2.05) is 0 Å². The van der Waals surface area contributed by atoms with Crippen LogP contribution in [-0.4, -0.2) is 34.6 Å². The fraction of sp³-hybridized carbons (Fsp3) is 0.391. The van der Waals surface area contributed by atoms with E-state index in [0.717, 1.165) is 12.1 Å². The van der Waals surface area contributed by atoms with Crippen LogP contribution in [0.2, 0.25) is 0 Å². The molecule has 0 radical (unpaired) electrons. The highest BCUT2D eigenvalue weighted by atomic mass is 15.2. The molecule has 3 heteroatoms. The number of nitrogens with one attached hydrogen (secondary N) is 1. The number of fused-ring (bicyclic) bond motifs is 3. The molecule has 3 heterocycles. The summed E-state index contributed by atoms with van der Waals surface area (Å²) in [5.41, 5.74) is 5.10. The largest absolute Gasteiger partial charge is 0.382 e. The Morgan fingerprint density at radius 3 is 2.27 bits per heavy atom. The first-order chi connectivity index (χ1) is 12.7. The second-order valence-corrected chi connectivity index (χ2v) is 8.14. The summed E-state index contributed by atoms with van der Waals surface area (Å²) in [5, 5.41) is 5.08. The second-order valence-electron chi connectivity index (χ2n) is 8.14. The summed E-state index contributed by atoms with van der Waals surface area (Å²) in [5.74, 6) is 0. The van der Waals surface area contributed by atoms with Gasteiger partial charge < -0.3 is 14.8 Å². The first-order valence-corrected chi connectivity index (χ1v) is 9.81. The molecule has 134 valence electrons. The molecule has 2 atom stereocenters. The van der Waals surface area contributed by atoms with E-state index in [9.17, 15) is 0 Å². The van der Waals surface area contributed by atoms with E-state index < -0.39 is 0 Å². The molecular weight excluding hydrogens is 318 g/mol.